The van der Waals surface area contributed by atoms with Gasteiger partial charge in [0.1, 0.15) is 12.4 Å². The fourth-order valence-electron chi connectivity index (χ4n) is 1.96. The van der Waals surface area contributed by atoms with Gasteiger partial charge in [-0.25, -0.2) is 0 Å². The molecule has 2 aromatic carbocycles. The molecule has 0 fully saturated rings. The maximum absolute atomic E-state index is 12.4. The van der Waals surface area contributed by atoms with Gasteiger partial charge in [-0.2, -0.15) is 0 Å². The molecule has 4 nitrogen and oxygen atoms in total. The number of esters is 2. The van der Waals surface area contributed by atoms with E-state index in [1.165, 1.54) is 0 Å². The van der Waals surface area contributed by atoms with Crippen molar-refractivity contribution >= 4 is 11.9 Å². The summed E-state index contributed by atoms with van der Waals surface area (Å²) in [5, 5.41) is 0. The minimum absolute atomic E-state index is 0.133. The monoisotopic (exact) mass is 312 g/mol. The SMILES string of the molecule is CCC(C)(C(=O)OCc1ccccc1)C(=O)Oc1ccccc1. The van der Waals surface area contributed by atoms with Crippen molar-refractivity contribution in [1.82, 2.24) is 0 Å². The Morgan fingerprint density at radius 3 is 2.04 bits per heavy atom. The van der Waals surface area contributed by atoms with Gasteiger partial charge in [-0.05, 0) is 31.0 Å². The minimum Gasteiger partial charge on any atom is -0.460 e. The van der Waals surface area contributed by atoms with Crippen molar-refractivity contribution < 1.29 is 19.1 Å². The minimum atomic E-state index is -1.33. The van der Waals surface area contributed by atoms with E-state index in [0.29, 0.717) is 12.2 Å². The number of benzene rings is 2. The van der Waals surface area contributed by atoms with Crippen LogP contribution in [0, 0.1) is 5.41 Å². The summed E-state index contributed by atoms with van der Waals surface area (Å²) in [5.74, 6) is -0.776. The maximum atomic E-state index is 12.4. The van der Waals surface area contributed by atoms with E-state index < -0.39 is 17.4 Å². The molecule has 2 rings (SSSR count). The lowest BCUT2D eigenvalue weighted by Gasteiger charge is -2.23. The van der Waals surface area contributed by atoms with Crippen molar-refractivity contribution in [3.63, 3.8) is 0 Å². The molecule has 0 N–H and O–H groups in total. The van der Waals surface area contributed by atoms with E-state index in [2.05, 4.69) is 0 Å². The Morgan fingerprint density at radius 1 is 0.913 bits per heavy atom. The Hall–Kier alpha value is -2.62. The van der Waals surface area contributed by atoms with Crippen molar-refractivity contribution in [2.75, 3.05) is 0 Å². The number of carbonyl (C=O) groups excluding carboxylic acids is 2. The number of ether oxygens (including phenoxy) is 2. The molecule has 0 spiro atoms. The van der Waals surface area contributed by atoms with Crippen LogP contribution in [0.2, 0.25) is 0 Å². The molecular formula is C19H20O4. The first-order valence-corrected chi connectivity index (χ1v) is 7.54. The summed E-state index contributed by atoms with van der Waals surface area (Å²) in [6, 6.07) is 18.0. The first-order chi connectivity index (χ1) is 11.1. The quantitative estimate of drug-likeness (QED) is 0.463. The maximum Gasteiger partial charge on any atom is 0.328 e. The standard InChI is InChI=1S/C19H20O4/c1-3-19(2,18(21)23-16-12-8-5-9-13-16)17(20)22-14-15-10-6-4-7-11-15/h4-13H,3,14H2,1-2H3. The number of hydrogen-bond acceptors (Lipinski definition) is 4. The van der Waals surface area contributed by atoms with Crippen molar-refractivity contribution in [2.45, 2.75) is 26.9 Å². The summed E-state index contributed by atoms with van der Waals surface area (Å²) in [7, 11) is 0. The van der Waals surface area contributed by atoms with Crippen LogP contribution in [0.15, 0.2) is 60.7 Å². The molecular weight excluding hydrogens is 292 g/mol. The van der Waals surface area contributed by atoms with Gasteiger partial charge in [-0.1, -0.05) is 55.5 Å². The molecule has 0 aliphatic rings. The molecule has 0 amide bonds. The summed E-state index contributed by atoms with van der Waals surface area (Å²) in [4.78, 5) is 24.8. The average Bonchev–Trinajstić information content (AvgIpc) is 2.60. The van der Waals surface area contributed by atoms with Crippen LogP contribution in [-0.4, -0.2) is 11.9 Å². The summed E-state index contributed by atoms with van der Waals surface area (Å²) in [6.07, 6.45) is 0.298. The van der Waals surface area contributed by atoms with Crippen molar-refractivity contribution in [3.05, 3.63) is 66.2 Å². The van der Waals surface area contributed by atoms with Crippen LogP contribution in [0.4, 0.5) is 0 Å². The third-order valence-electron chi connectivity index (χ3n) is 3.77. The van der Waals surface area contributed by atoms with Gasteiger partial charge in [0.2, 0.25) is 0 Å². The van der Waals surface area contributed by atoms with Gasteiger partial charge in [-0.15, -0.1) is 0 Å². The van der Waals surface area contributed by atoms with Crippen molar-refractivity contribution in [1.29, 1.82) is 0 Å². The van der Waals surface area contributed by atoms with E-state index in [9.17, 15) is 9.59 Å². The van der Waals surface area contributed by atoms with Gasteiger partial charge in [0.15, 0.2) is 5.41 Å². The third kappa shape index (κ3) is 4.19. The molecule has 0 heterocycles. The molecule has 0 aromatic heterocycles. The lowest BCUT2D eigenvalue weighted by atomic mass is 9.88. The first kappa shape index (κ1) is 16.7. The molecule has 2 aromatic rings. The van der Waals surface area contributed by atoms with Crippen LogP contribution < -0.4 is 4.74 Å². The molecule has 1 unspecified atom stereocenters. The number of rotatable bonds is 6. The van der Waals surface area contributed by atoms with Crippen LogP contribution in [0.25, 0.3) is 0 Å². The summed E-state index contributed by atoms with van der Waals surface area (Å²) < 4.78 is 10.6. The topological polar surface area (TPSA) is 52.6 Å². The molecule has 0 saturated carbocycles. The smallest absolute Gasteiger partial charge is 0.328 e. The summed E-state index contributed by atoms with van der Waals surface area (Å²) >= 11 is 0. The number of carbonyl (C=O) groups is 2. The molecule has 0 saturated heterocycles. The fraction of sp³-hybridized carbons (Fsp3) is 0.263. The second kappa shape index (κ2) is 7.58. The van der Waals surface area contributed by atoms with E-state index in [1.807, 2.05) is 36.4 Å². The largest absolute Gasteiger partial charge is 0.460 e. The molecule has 120 valence electrons. The van der Waals surface area contributed by atoms with Crippen LogP contribution >= 0.6 is 0 Å². The highest BCUT2D eigenvalue weighted by Gasteiger charge is 2.43. The fourth-order valence-corrected chi connectivity index (χ4v) is 1.96. The van der Waals surface area contributed by atoms with E-state index in [4.69, 9.17) is 9.47 Å². The Kier molecular flexibility index (Phi) is 5.52. The van der Waals surface area contributed by atoms with Crippen molar-refractivity contribution in [2.24, 2.45) is 5.41 Å². The second-order valence-electron chi connectivity index (χ2n) is 5.45. The Balaban J connectivity index is 2.03. The van der Waals surface area contributed by atoms with Gasteiger partial charge in [0.25, 0.3) is 0 Å². The predicted octanol–water partition coefficient (Wildman–Crippen LogP) is 3.75. The van der Waals surface area contributed by atoms with Gasteiger partial charge in [-0.3, -0.25) is 9.59 Å². The molecule has 0 aliphatic heterocycles. The normalized spacial score (nSPS) is 13.0. The first-order valence-electron chi connectivity index (χ1n) is 7.54. The van der Waals surface area contributed by atoms with Crippen LogP contribution in [0.5, 0.6) is 5.75 Å². The number of hydrogen-bond donors (Lipinski definition) is 0. The lowest BCUT2D eigenvalue weighted by Crippen LogP contribution is -2.40. The van der Waals surface area contributed by atoms with Crippen LogP contribution in [0.1, 0.15) is 25.8 Å². The van der Waals surface area contributed by atoms with E-state index in [0.717, 1.165) is 5.56 Å². The lowest BCUT2D eigenvalue weighted by molar-refractivity contribution is -0.167. The van der Waals surface area contributed by atoms with Gasteiger partial charge < -0.3 is 9.47 Å². The Morgan fingerprint density at radius 2 is 1.48 bits per heavy atom. The molecule has 4 heteroatoms. The Bertz CT molecular complexity index is 652. The predicted molar refractivity (Wildman–Crippen MR) is 86.7 cm³/mol. The molecule has 23 heavy (non-hydrogen) atoms. The zero-order chi connectivity index (χ0) is 16.7. The van der Waals surface area contributed by atoms with E-state index >= 15 is 0 Å². The van der Waals surface area contributed by atoms with Gasteiger partial charge in [0, 0.05) is 0 Å². The molecule has 0 radical (unpaired) electrons. The van der Waals surface area contributed by atoms with E-state index in [1.54, 1.807) is 38.1 Å². The Labute approximate surface area is 136 Å². The highest BCUT2D eigenvalue weighted by molar-refractivity contribution is 6.00. The zero-order valence-electron chi connectivity index (χ0n) is 13.3. The van der Waals surface area contributed by atoms with Crippen LogP contribution in [0.3, 0.4) is 0 Å². The van der Waals surface area contributed by atoms with Crippen LogP contribution in [-0.2, 0) is 20.9 Å². The van der Waals surface area contributed by atoms with Gasteiger partial charge >= 0.3 is 11.9 Å². The zero-order valence-corrected chi connectivity index (χ0v) is 13.3. The highest BCUT2D eigenvalue weighted by Crippen LogP contribution is 2.27. The van der Waals surface area contributed by atoms with Gasteiger partial charge in [0.05, 0.1) is 0 Å². The summed E-state index contributed by atoms with van der Waals surface area (Å²) in [6.45, 7) is 3.44. The molecule has 1 atom stereocenters. The highest BCUT2D eigenvalue weighted by atomic mass is 16.6. The number of para-hydroxylation sites is 1. The second-order valence-corrected chi connectivity index (χ2v) is 5.45. The van der Waals surface area contributed by atoms with E-state index in [-0.39, 0.29) is 6.61 Å². The molecule has 0 bridgehead atoms. The molecule has 0 aliphatic carbocycles. The van der Waals surface area contributed by atoms with Crippen molar-refractivity contribution in [3.8, 4) is 5.75 Å². The summed E-state index contributed by atoms with van der Waals surface area (Å²) in [5.41, 5.74) is -0.458. The third-order valence-corrected chi connectivity index (χ3v) is 3.77. The average molecular weight is 312 g/mol.